The first-order chi connectivity index (χ1) is 9.38. The van der Waals surface area contributed by atoms with Crippen LogP contribution in [0.5, 0.6) is 0 Å². The van der Waals surface area contributed by atoms with Gasteiger partial charge in [0.15, 0.2) is 5.78 Å². The van der Waals surface area contributed by atoms with Crippen molar-refractivity contribution in [2.75, 3.05) is 13.2 Å². The van der Waals surface area contributed by atoms with Gasteiger partial charge in [-0.15, -0.1) is 0 Å². The highest BCUT2D eigenvalue weighted by molar-refractivity contribution is 6.19. The Morgan fingerprint density at radius 2 is 1.50 bits per heavy atom. The molecule has 1 N–H and O–H groups in total. The normalized spacial score (nSPS) is 15.4. The highest BCUT2D eigenvalue weighted by Gasteiger charge is 2.56. The molecule has 1 saturated carbocycles. The molecule has 0 aliphatic heterocycles. The molecule has 0 heterocycles. The second kappa shape index (κ2) is 6.49. The van der Waals surface area contributed by atoms with Crippen LogP contribution in [-0.4, -0.2) is 42.4 Å². The third kappa shape index (κ3) is 3.55. The molecule has 1 fully saturated rings. The fourth-order valence-corrected chi connectivity index (χ4v) is 1.93. The summed E-state index contributed by atoms with van der Waals surface area (Å²) in [5.41, 5.74) is -1.13. The molecule has 0 saturated heterocycles. The van der Waals surface area contributed by atoms with Crippen molar-refractivity contribution in [2.24, 2.45) is 5.92 Å². The van der Waals surface area contributed by atoms with E-state index in [0.29, 0.717) is 12.8 Å². The quantitative estimate of drug-likeness (QED) is 0.521. The Hall–Kier alpha value is -1.92. The second-order valence-corrected chi connectivity index (χ2v) is 4.56. The van der Waals surface area contributed by atoms with E-state index in [2.05, 4.69) is 5.32 Å². The number of esters is 2. The Bertz CT molecular complexity index is 409. The molecule has 112 valence electrons. The molecule has 0 radical (unpaired) electrons. The van der Waals surface area contributed by atoms with Crippen molar-refractivity contribution < 1.29 is 28.7 Å². The number of rotatable bonds is 7. The monoisotopic (exact) mass is 285 g/mol. The third-order valence-electron chi connectivity index (χ3n) is 2.94. The average molecular weight is 285 g/mol. The van der Waals surface area contributed by atoms with E-state index >= 15 is 0 Å². The number of hydrogen-bond donors (Lipinski definition) is 1. The molecule has 0 bridgehead atoms. The van der Waals surface area contributed by atoms with Gasteiger partial charge in [-0.3, -0.25) is 19.2 Å². The summed E-state index contributed by atoms with van der Waals surface area (Å²) >= 11 is 0. The fraction of sp³-hybridized carbons (Fsp3) is 0.692. The van der Waals surface area contributed by atoms with Crippen LogP contribution in [0.3, 0.4) is 0 Å². The first-order valence-electron chi connectivity index (χ1n) is 6.54. The van der Waals surface area contributed by atoms with Crippen molar-refractivity contribution in [3.05, 3.63) is 0 Å². The van der Waals surface area contributed by atoms with Crippen molar-refractivity contribution in [3.8, 4) is 0 Å². The lowest BCUT2D eigenvalue weighted by molar-refractivity contribution is -0.165. The molecular weight excluding hydrogens is 266 g/mol. The summed E-state index contributed by atoms with van der Waals surface area (Å²) in [6, 6.07) is 0. The third-order valence-corrected chi connectivity index (χ3v) is 2.94. The molecule has 7 nitrogen and oxygen atoms in total. The fourth-order valence-electron chi connectivity index (χ4n) is 1.93. The van der Waals surface area contributed by atoms with Crippen LogP contribution < -0.4 is 5.32 Å². The van der Waals surface area contributed by atoms with E-state index in [-0.39, 0.29) is 19.1 Å². The highest BCUT2D eigenvalue weighted by atomic mass is 16.6. The van der Waals surface area contributed by atoms with Gasteiger partial charge in [0.1, 0.15) is 5.54 Å². The molecule has 1 aliphatic rings. The first-order valence-corrected chi connectivity index (χ1v) is 6.54. The van der Waals surface area contributed by atoms with Crippen LogP contribution in [0.1, 0.15) is 33.6 Å². The van der Waals surface area contributed by atoms with Crippen molar-refractivity contribution in [1.29, 1.82) is 0 Å². The van der Waals surface area contributed by atoms with Gasteiger partial charge in [-0.2, -0.15) is 0 Å². The Morgan fingerprint density at radius 3 is 1.80 bits per heavy atom. The van der Waals surface area contributed by atoms with E-state index in [1.165, 1.54) is 6.92 Å². The zero-order chi connectivity index (χ0) is 15.3. The molecular formula is C13H19NO6. The predicted molar refractivity (Wildman–Crippen MR) is 67.5 cm³/mol. The van der Waals surface area contributed by atoms with Crippen LogP contribution in [0.4, 0.5) is 0 Å². The maximum Gasteiger partial charge on any atom is 0.328 e. The van der Waals surface area contributed by atoms with E-state index in [0.717, 1.165) is 0 Å². The Balaban J connectivity index is 2.92. The van der Waals surface area contributed by atoms with E-state index < -0.39 is 29.2 Å². The minimum absolute atomic E-state index is 0.0507. The summed E-state index contributed by atoms with van der Waals surface area (Å²) < 4.78 is 9.49. The number of carbonyl (C=O) groups is 4. The van der Waals surface area contributed by atoms with Crippen LogP contribution >= 0.6 is 0 Å². The van der Waals surface area contributed by atoms with Crippen LogP contribution in [0.2, 0.25) is 0 Å². The van der Waals surface area contributed by atoms with Crippen LogP contribution in [0.25, 0.3) is 0 Å². The van der Waals surface area contributed by atoms with Gasteiger partial charge in [-0.1, -0.05) is 0 Å². The molecule has 1 rings (SSSR count). The molecule has 0 aromatic heterocycles. The first kappa shape index (κ1) is 16.1. The van der Waals surface area contributed by atoms with Gasteiger partial charge in [0.25, 0.3) is 0 Å². The predicted octanol–water partition coefficient (Wildman–Crippen LogP) is -0.0334. The lowest BCUT2D eigenvalue weighted by Gasteiger charge is -2.20. The molecule has 7 heteroatoms. The molecule has 0 aromatic rings. The zero-order valence-corrected chi connectivity index (χ0v) is 11.9. The average Bonchev–Trinajstić information content (AvgIpc) is 3.10. The van der Waals surface area contributed by atoms with Gasteiger partial charge in [-0.05, 0) is 26.7 Å². The summed E-state index contributed by atoms with van der Waals surface area (Å²) in [4.78, 5) is 47.1. The van der Waals surface area contributed by atoms with Crippen molar-refractivity contribution in [3.63, 3.8) is 0 Å². The summed E-state index contributed by atoms with van der Waals surface area (Å²) in [6.07, 6.45) is 0.807. The standard InChI is InChI=1S/C13H19NO6/c1-4-19-11(17)9(12(18)20-5-2)10(16)13(6-7-13)14-8(3)15/h9H,4-7H2,1-3H3,(H,14,15). The van der Waals surface area contributed by atoms with Crippen LogP contribution in [-0.2, 0) is 28.7 Å². The zero-order valence-electron chi connectivity index (χ0n) is 11.9. The Kier molecular flexibility index (Phi) is 5.24. The largest absolute Gasteiger partial charge is 0.465 e. The molecule has 1 amide bonds. The van der Waals surface area contributed by atoms with E-state index in [1.807, 2.05) is 0 Å². The van der Waals surface area contributed by atoms with Gasteiger partial charge in [0.05, 0.1) is 13.2 Å². The number of carbonyl (C=O) groups excluding carboxylic acids is 4. The summed E-state index contributed by atoms with van der Waals surface area (Å²) in [7, 11) is 0. The maximum atomic E-state index is 12.4. The Labute approximate surface area is 117 Å². The number of hydrogen-bond acceptors (Lipinski definition) is 6. The summed E-state index contributed by atoms with van der Waals surface area (Å²) in [5.74, 6) is -4.56. The van der Waals surface area contributed by atoms with Gasteiger partial charge >= 0.3 is 11.9 Å². The Morgan fingerprint density at radius 1 is 1.05 bits per heavy atom. The number of Topliss-reactive ketones (excluding diaryl/α,β-unsaturated/α-hetero) is 1. The van der Waals surface area contributed by atoms with Crippen molar-refractivity contribution in [2.45, 2.75) is 39.2 Å². The molecule has 0 aromatic carbocycles. The minimum atomic E-state index is -1.63. The van der Waals surface area contributed by atoms with Crippen LogP contribution in [0.15, 0.2) is 0 Å². The maximum absolute atomic E-state index is 12.4. The minimum Gasteiger partial charge on any atom is -0.465 e. The topological polar surface area (TPSA) is 98.8 Å². The molecule has 0 unspecified atom stereocenters. The second-order valence-electron chi connectivity index (χ2n) is 4.56. The number of ketones is 1. The molecule has 20 heavy (non-hydrogen) atoms. The lowest BCUT2D eigenvalue weighted by atomic mass is 9.96. The molecule has 0 spiro atoms. The van der Waals surface area contributed by atoms with Gasteiger partial charge < -0.3 is 14.8 Å². The van der Waals surface area contributed by atoms with Crippen molar-refractivity contribution in [1.82, 2.24) is 5.32 Å². The lowest BCUT2D eigenvalue weighted by Crippen LogP contribution is -2.49. The van der Waals surface area contributed by atoms with E-state index in [4.69, 9.17) is 9.47 Å². The van der Waals surface area contributed by atoms with E-state index in [1.54, 1.807) is 13.8 Å². The van der Waals surface area contributed by atoms with Crippen LogP contribution in [0, 0.1) is 5.92 Å². The van der Waals surface area contributed by atoms with Gasteiger partial charge in [0, 0.05) is 6.92 Å². The smallest absolute Gasteiger partial charge is 0.328 e. The van der Waals surface area contributed by atoms with Crippen molar-refractivity contribution >= 4 is 23.6 Å². The number of ether oxygens (including phenoxy) is 2. The van der Waals surface area contributed by atoms with E-state index in [9.17, 15) is 19.2 Å². The van der Waals surface area contributed by atoms with Gasteiger partial charge in [-0.25, -0.2) is 0 Å². The summed E-state index contributed by atoms with van der Waals surface area (Å²) in [6.45, 7) is 4.53. The number of nitrogens with one attached hydrogen (secondary N) is 1. The SMILES string of the molecule is CCOC(=O)C(C(=O)OCC)C(=O)C1(NC(C)=O)CC1. The highest BCUT2D eigenvalue weighted by Crippen LogP contribution is 2.39. The molecule has 0 atom stereocenters. The van der Waals surface area contributed by atoms with Gasteiger partial charge in [0.2, 0.25) is 11.8 Å². The number of amides is 1. The molecule has 1 aliphatic carbocycles. The summed E-state index contributed by atoms with van der Waals surface area (Å²) in [5, 5.41) is 2.50.